The summed E-state index contributed by atoms with van der Waals surface area (Å²) in [6.07, 6.45) is 20.1. The Kier molecular flexibility index (Phi) is 18.8. The monoisotopic (exact) mass is 330 g/mol. The first-order valence-corrected chi connectivity index (χ1v) is 12.8. The third kappa shape index (κ3) is 16.6. The van der Waals surface area contributed by atoms with Gasteiger partial charge in [-0.3, -0.25) is 0 Å². The van der Waals surface area contributed by atoms with Gasteiger partial charge in [-0.2, -0.15) is 0 Å². The van der Waals surface area contributed by atoms with E-state index in [1.165, 1.54) is 102 Å². The van der Waals surface area contributed by atoms with Crippen molar-refractivity contribution < 1.29 is 4.12 Å². The predicted molar refractivity (Wildman–Crippen MR) is 104 cm³/mol. The summed E-state index contributed by atoms with van der Waals surface area (Å²) in [5.74, 6) is 0. The Balaban J connectivity index is 3.28. The molecular weight excluding hydrogens is 288 g/mol. The van der Waals surface area contributed by atoms with Gasteiger partial charge in [-0.1, -0.05) is 104 Å². The Morgan fingerprint density at radius 2 is 0.905 bits per heavy atom. The van der Waals surface area contributed by atoms with Crippen LogP contribution in [0.15, 0.2) is 0 Å². The lowest BCUT2D eigenvalue weighted by molar-refractivity contribution is 0.565. The van der Waals surface area contributed by atoms with Gasteiger partial charge in [-0.05, 0) is 12.1 Å². The quantitative estimate of drug-likeness (QED) is 0.252. The molecule has 0 saturated carbocycles. The fraction of sp³-hybridized carbons (Fsp3) is 1.00. The first-order valence-electron chi connectivity index (χ1n) is 9.87. The molecule has 0 aliphatic carbocycles. The molecule has 0 amide bonds. The van der Waals surface area contributed by atoms with Gasteiger partial charge in [0.15, 0.2) is 9.04 Å². The molecule has 0 radical (unpaired) electrons. The third-order valence-corrected chi connectivity index (χ3v) is 9.36. The normalized spacial score (nSPS) is 12.9. The van der Waals surface area contributed by atoms with Crippen molar-refractivity contribution >= 4 is 19.5 Å². The molecule has 0 aromatic carbocycles. The van der Waals surface area contributed by atoms with E-state index in [2.05, 4.69) is 13.8 Å². The van der Waals surface area contributed by atoms with E-state index in [0.29, 0.717) is 0 Å². The molecule has 0 aromatic heterocycles. The highest BCUT2D eigenvalue weighted by Gasteiger charge is 2.08. The van der Waals surface area contributed by atoms with Crippen LogP contribution >= 0.6 is 0 Å². The van der Waals surface area contributed by atoms with Crippen molar-refractivity contribution in [3.8, 4) is 0 Å². The van der Waals surface area contributed by atoms with Gasteiger partial charge in [0.05, 0.1) is 0 Å². The second-order valence-corrected chi connectivity index (χ2v) is 11.0. The molecule has 0 N–H and O–H groups in total. The Morgan fingerprint density at radius 1 is 0.571 bits per heavy atom. The van der Waals surface area contributed by atoms with Crippen molar-refractivity contribution in [2.24, 2.45) is 0 Å². The van der Waals surface area contributed by atoms with E-state index in [-0.39, 0.29) is 0 Å². The molecule has 3 heteroatoms. The molecule has 0 saturated heterocycles. The van der Waals surface area contributed by atoms with E-state index < -0.39 is 9.04 Å². The zero-order valence-corrected chi connectivity index (χ0v) is 18.5. The number of hydrogen-bond acceptors (Lipinski definition) is 1. The Labute approximate surface area is 139 Å². The summed E-state index contributed by atoms with van der Waals surface area (Å²) >= 11 is 0. The van der Waals surface area contributed by atoms with E-state index >= 15 is 0 Å². The van der Waals surface area contributed by atoms with Crippen LogP contribution in [-0.2, 0) is 4.12 Å². The van der Waals surface area contributed by atoms with E-state index in [1.54, 1.807) is 0 Å². The van der Waals surface area contributed by atoms with Crippen molar-refractivity contribution in [3.05, 3.63) is 0 Å². The molecule has 0 spiro atoms. The zero-order chi connectivity index (χ0) is 15.6. The summed E-state index contributed by atoms with van der Waals surface area (Å²) in [5, 5.41) is 0. The smallest absolute Gasteiger partial charge is 0.162 e. The standard InChI is InChI=1S/C18H42OSi2/c1-3-5-7-9-11-12-14-16-18-21(19-20)17-15-13-10-8-6-4-2/h21H,3-18H2,1-2,20H3. The lowest BCUT2D eigenvalue weighted by Crippen LogP contribution is -2.15. The van der Waals surface area contributed by atoms with E-state index in [4.69, 9.17) is 4.12 Å². The first kappa shape index (κ1) is 21.4. The third-order valence-electron chi connectivity index (χ3n) is 4.59. The predicted octanol–water partition coefficient (Wildman–Crippen LogP) is 5.51. The van der Waals surface area contributed by atoms with Crippen LogP contribution in [0.2, 0.25) is 12.1 Å². The Bertz CT molecular complexity index is 188. The summed E-state index contributed by atoms with van der Waals surface area (Å²) in [4.78, 5) is 0. The second-order valence-electron chi connectivity index (χ2n) is 6.68. The lowest BCUT2D eigenvalue weighted by Gasteiger charge is -2.13. The molecule has 0 bridgehead atoms. The summed E-state index contributed by atoms with van der Waals surface area (Å²) in [7, 11) is 0.195. The second kappa shape index (κ2) is 18.4. The van der Waals surface area contributed by atoms with Crippen LogP contribution in [0.1, 0.15) is 104 Å². The molecule has 0 aliphatic rings. The maximum atomic E-state index is 5.92. The fourth-order valence-electron chi connectivity index (χ4n) is 3.04. The van der Waals surface area contributed by atoms with Crippen LogP contribution in [0.3, 0.4) is 0 Å². The topological polar surface area (TPSA) is 9.23 Å². The van der Waals surface area contributed by atoms with Crippen molar-refractivity contribution in [3.63, 3.8) is 0 Å². The van der Waals surface area contributed by atoms with Gasteiger partial charge >= 0.3 is 0 Å². The summed E-state index contributed by atoms with van der Waals surface area (Å²) in [5.41, 5.74) is 0. The molecule has 21 heavy (non-hydrogen) atoms. The average Bonchev–Trinajstić information content (AvgIpc) is 2.51. The Morgan fingerprint density at radius 3 is 1.24 bits per heavy atom. The maximum Gasteiger partial charge on any atom is 0.162 e. The average molecular weight is 331 g/mol. The van der Waals surface area contributed by atoms with Gasteiger partial charge in [0.1, 0.15) is 10.5 Å². The highest BCUT2D eigenvalue weighted by atomic mass is 28.3. The maximum absolute atomic E-state index is 5.92. The van der Waals surface area contributed by atoms with E-state index in [0.717, 1.165) is 10.5 Å². The van der Waals surface area contributed by atoms with Gasteiger partial charge in [0.2, 0.25) is 0 Å². The first-order chi connectivity index (χ1) is 10.3. The van der Waals surface area contributed by atoms with Gasteiger partial charge < -0.3 is 4.12 Å². The molecule has 0 aromatic rings. The van der Waals surface area contributed by atoms with Crippen LogP contribution in [0.25, 0.3) is 0 Å². The molecular formula is C18H42OSi2. The zero-order valence-electron chi connectivity index (χ0n) is 15.3. The molecule has 0 fully saturated rings. The van der Waals surface area contributed by atoms with Crippen LogP contribution in [0.5, 0.6) is 0 Å². The summed E-state index contributed by atoms with van der Waals surface area (Å²) < 4.78 is 5.92. The summed E-state index contributed by atoms with van der Waals surface area (Å²) in [6, 6.07) is 2.90. The molecule has 1 unspecified atom stereocenters. The minimum absolute atomic E-state index is 0.780. The number of unbranched alkanes of at least 4 members (excludes halogenated alkanes) is 12. The number of hydrogen-bond donors (Lipinski definition) is 0. The van der Waals surface area contributed by atoms with Crippen molar-refractivity contribution in [2.45, 2.75) is 116 Å². The van der Waals surface area contributed by atoms with Crippen LogP contribution in [0.4, 0.5) is 0 Å². The molecule has 128 valence electrons. The van der Waals surface area contributed by atoms with Crippen LogP contribution in [-0.4, -0.2) is 19.5 Å². The minimum atomic E-state index is -0.780. The minimum Gasteiger partial charge on any atom is -0.465 e. The molecule has 1 atom stereocenters. The van der Waals surface area contributed by atoms with Crippen LogP contribution in [0, 0.1) is 0 Å². The molecule has 0 rings (SSSR count). The Hall–Kier alpha value is 0.394. The molecule has 0 heterocycles. The van der Waals surface area contributed by atoms with E-state index in [9.17, 15) is 0 Å². The SMILES string of the molecule is CCCCCCCCCC[SiH](CCCCCCCC)O[SiH3]. The van der Waals surface area contributed by atoms with Crippen molar-refractivity contribution in [2.75, 3.05) is 0 Å². The highest BCUT2D eigenvalue weighted by Crippen LogP contribution is 2.15. The van der Waals surface area contributed by atoms with E-state index in [1.807, 2.05) is 0 Å². The largest absolute Gasteiger partial charge is 0.465 e. The van der Waals surface area contributed by atoms with Crippen molar-refractivity contribution in [1.82, 2.24) is 0 Å². The lowest BCUT2D eigenvalue weighted by atomic mass is 10.1. The van der Waals surface area contributed by atoms with Gasteiger partial charge in [0, 0.05) is 0 Å². The fourth-order valence-corrected chi connectivity index (χ4v) is 6.70. The summed E-state index contributed by atoms with van der Waals surface area (Å²) in [6.45, 7) is 4.59. The van der Waals surface area contributed by atoms with Gasteiger partial charge in [-0.15, -0.1) is 0 Å². The molecule has 0 aliphatic heterocycles. The van der Waals surface area contributed by atoms with Crippen LogP contribution < -0.4 is 0 Å². The highest BCUT2D eigenvalue weighted by molar-refractivity contribution is 6.55. The van der Waals surface area contributed by atoms with Gasteiger partial charge in [0.25, 0.3) is 0 Å². The molecule has 1 nitrogen and oxygen atoms in total. The van der Waals surface area contributed by atoms with Gasteiger partial charge in [-0.25, -0.2) is 0 Å². The number of rotatable bonds is 17. The van der Waals surface area contributed by atoms with Crippen molar-refractivity contribution in [1.29, 1.82) is 0 Å².